The molecular weight excluding hydrogens is 222 g/mol. The molecule has 0 spiro atoms. The lowest BCUT2D eigenvalue weighted by Gasteiger charge is -2.28. The van der Waals surface area contributed by atoms with Gasteiger partial charge in [0.2, 0.25) is 0 Å². The molecule has 0 fully saturated rings. The van der Waals surface area contributed by atoms with Gasteiger partial charge in [0.15, 0.2) is 0 Å². The van der Waals surface area contributed by atoms with Crippen molar-refractivity contribution in [3.8, 4) is 0 Å². The number of aromatic nitrogens is 2. The number of nitrogens with zero attached hydrogens (tertiary/aromatic N) is 3. The summed E-state index contributed by atoms with van der Waals surface area (Å²) in [6, 6.07) is 0. The highest BCUT2D eigenvalue weighted by molar-refractivity contribution is 5.30. The van der Waals surface area contributed by atoms with E-state index in [1.807, 2.05) is 20.8 Å². The van der Waals surface area contributed by atoms with Gasteiger partial charge < -0.3 is 0 Å². The lowest BCUT2D eigenvalue weighted by atomic mass is 9.96. The van der Waals surface area contributed by atoms with Crippen LogP contribution in [0.5, 0.6) is 0 Å². The molecule has 1 aromatic rings. The number of hydrogen-bond acceptors (Lipinski definition) is 3. The molecule has 2 heterocycles. The minimum Gasteiger partial charge on any atom is -0.297 e. The normalized spacial score (nSPS) is 15.1. The van der Waals surface area contributed by atoms with Gasteiger partial charge in [0, 0.05) is 13.1 Å². The van der Waals surface area contributed by atoms with E-state index in [0.29, 0.717) is 5.92 Å². The summed E-state index contributed by atoms with van der Waals surface area (Å²) < 4.78 is 0. The summed E-state index contributed by atoms with van der Waals surface area (Å²) in [7, 11) is 0. The molecule has 18 heavy (non-hydrogen) atoms. The molecule has 0 saturated carbocycles. The third kappa shape index (κ3) is 3.29. The fraction of sp³-hybridized carbons (Fsp3) is 0.733. The van der Waals surface area contributed by atoms with E-state index < -0.39 is 0 Å². The molecule has 0 saturated heterocycles. The van der Waals surface area contributed by atoms with Crippen LogP contribution >= 0.6 is 0 Å². The van der Waals surface area contributed by atoms with Crippen molar-refractivity contribution in [2.45, 2.75) is 60.4 Å². The monoisotopic (exact) mass is 249 g/mol. The SMILES string of the molecule is CC.CCN1CCc2c(nc(C)nc2C(C)C)C1. The quantitative estimate of drug-likeness (QED) is 0.805. The van der Waals surface area contributed by atoms with E-state index in [4.69, 9.17) is 0 Å². The summed E-state index contributed by atoms with van der Waals surface area (Å²) in [5.41, 5.74) is 3.92. The summed E-state index contributed by atoms with van der Waals surface area (Å²) in [6.45, 7) is 15.9. The zero-order valence-electron chi connectivity index (χ0n) is 12.7. The molecule has 2 rings (SSSR count). The first-order valence-electron chi connectivity index (χ1n) is 7.20. The lowest BCUT2D eigenvalue weighted by Crippen LogP contribution is -2.32. The highest BCUT2D eigenvalue weighted by Crippen LogP contribution is 2.24. The van der Waals surface area contributed by atoms with Gasteiger partial charge in [-0.25, -0.2) is 9.97 Å². The predicted molar refractivity (Wildman–Crippen MR) is 76.9 cm³/mol. The van der Waals surface area contributed by atoms with Crippen LogP contribution < -0.4 is 0 Å². The molecule has 102 valence electrons. The van der Waals surface area contributed by atoms with Gasteiger partial charge in [0.25, 0.3) is 0 Å². The Labute approximate surface area is 112 Å². The van der Waals surface area contributed by atoms with E-state index in [0.717, 1.165) is 31.9 Å². The fourth-order valence-electron chi connectivity index (χ4n) is 2.39. The summed E-state index contributed by atoms with van der Waals surface area (Å²) in [5, 5.41) is 0. The second-order valence-corrected chi connectivity index (χ2v) is 4.85. The predicted octanol–water partition coefficient (Wildman–Crippen LogP) is 3.31. The Hall–Kier alpha value is -0.960. The molecule has 1 aliphatic rings. The van der Waals surface area contributed by atoms with Crippen molar-refractivity contribution in [1.82, 2.24) is 14.9 Å². The Kier molecular flexibility index (Phi) is 5.73. The molecule has 0 atom stereocenters. The van der Waals surface area contributed by atoms with Gasteiger partial charge in [-0.1, -0.05) is 34.6 Å². The van der Waals surface area contributed by atoms with Gasteiger partial charge in [-0.2, -0.15) is 0 Å². The van der Waals surface area contributed by atoms with Gasteiger partial charge in [-0.3, -0.25) is 4.90 Å². The smallest absolute Gasteiger partial charge is 0.125 e. The maximum Gasteiger partial charge on any atom is 0.125 e. The molecule has 0 amide bonds. The first-order chi connectivity index (χ1) is 8.61. The Bertz CT molecular complexity index is 386. The van der Waals surface area contributed by atoms with Crippen molar-refractivity contribution in [3.05, 3.63) is 22.8 Å². The van der Waals surface area contributed by atoms with Crippen LogP contribution in [-0.2, 0) is 13.0 Å². The molecule has 0 aromatic carbocycles. The molecule has 0 aliphatic carbocycles. The summed E-state index contributed by atoms with van der Waals surface area (Å²) in [5.74, 6) is 1.42. The van der Waals surface area contributed by atoms with Crippen LogP contribution in [0.1, 0.15) is 63.3 Å². The molecule has 3 nitrogen and oxygen atoms in total. The Balaban J connectivity index is 0.000000771. The summed E-state index contributed by atoms with van der Waals surface area (Å²) in [6.07, 6.45) is 1.11. The Morgan fingerprint density at radius 2 is 1.89 bits per heavy atom. The molecule has 1 aromatic heterocycles. The molecule has 0 radical (unpaired) electrons. The van der Waals surface area contributed by atoms with Crippen LogP contribution in [0.15, 0.2) is 0 Å². The van der Waals surface area contributed by atoms with Gasteiger partial charge in [0.1, 0.15) is 5.82 Å². The highest BCUT2D eigenvalue weighted by atomic mass is 15.1. The van der Waals surface area contributed by atoms with Gasteiger partial charge in [0.05, 0.1) is 11.4 Å². The molecule has 3 heteroatoms. The van der Waals surface area contributed by atoms with E-state index in [9.17, 15) is 0 Å². The molecule has 0 unspecified atom stereocenters. The fourth-order valence-corrected chi connectivity index (χ4v) is 2.39. The molecule has 1 aliphatic heterocycles. The maximum atomic E-state index is 4.61. The van der Waals surface area contributed by atoms with Crippen molar-refractivity contribution in [1.29, 1.82) is 0 Å². The van der Waals surface area contributed by atoms with Crippen LogP contribution in [0, 0.1) is 6.92 Å². The van der Waals surface area contributed by atoms with Gasteiger partial charge in [-0.15, -0.1) is 0 Å². The third-order valence-electron chi connectivity index (χ3n) is 3.28. The number of aryl methyl sites for hydroxylation is 1. The summed E-state index contributed by atoms with van der Waals surface area (Å²) >= 11 is 0. The number of fused-ring (bicyclic) bond motifs is 1. The lowest BCUT2D eigenvalue weighted by molar-refractivity contribution is 0.262. The first kappa shape index (κ1) is 15.1. The standard InChI is InChI=1S/C13H21N3.C2H6/c1-5-16-7-6-11-12(8-16)14-10(4)15-13(11)9(2)3;1-2/h9H,5-8H2,1-4H3;1-2H3. The van der Waals surface area contributed by atoms with Crippen molar-refractivity contribution in [2.24, 2.45) is 0 Å². The minimum absolute atomic E-state index is 0.503. The summed E-state index contributed by atoms with van der Waals surface area (Å²) in [4.78, 5) is 11.7. The van der Waals surface area contributed by atoms with Gasteiger partial charge >= 0.3 is 0 Å². The van der Waals surface area contributed by atoms with E-state index in [1.54, 1.807) is 0 Å². The van der Waals surface area contributed by atoms with Crippen LogP contribution in [0.25, 0.3) is 0 Å². The van der Waals surface area contributed by atoms with Crippen molar-refractivity contribution in [2.75, 3.05) is 13.1 Å². The van der Waals surface area contributed by atoms with Crippen LogP contribution in [0.2, 0.25) is 0 Å². The van der Waals surface area contributed by atoms with Gasteiger partial charge in [-0.05, 0) is 31.4 Å². The first-order valence-corrected chi connectivity index (χ1v) is 7.20. The minimum atomic E-state index is 0.503. The van der Waals surface area contributed by atoms with Crippen LogP contribution in [-0.4, -0.2) is 28.0 Å². The maximum absolute atomic E-state index is 4.61. The van der Waals surface area contributed by atoms with Crippen molar-refractivity contribution < 1.29 is 0 Å². The van der Waals surface area contributed by atoms with Crippen LogP contribution in [0.3, 0.4) is 0 Å². The largest absolute Gasteiger partial charge is 0.297 e. The van der Waals surface area contributed by atoms with E-state index in [2.05, 4.69) is 35.6 Å². The highest BCUT2D eigenvalue weighted by Gasteiger charge is 2.21. The van der Waals surface area contributed by atoms with E-state index in [1.165, 1.54) is 17.0 Å². The van der Waals surface area contributed by atoms with Crippen molar-refractivity contribution >= 4 is 0 Å². The molecule has 0 bridgehead atoms. The zero-order chi connectivity index (χ0) is 13.7. The second kappa shape index (κ2) is 6.83. The Morgan fingerprint density at radius 3 is 2.44 bits per heavy atom. The Morgan fingerprint density at radius 1 is 1.22 bits per heavy atom. The van der Waals surface area contributed by atoms with E-state index >= 15 is 0 Å². The second-order valence-electron chi connectivity index (χ2n) is 4.85. The third-order valence-corrected chi connectivity index (χ3v) is 3.28. The average Bonchev–Trinajstić information content (AvgIpc) is 2.39. The van der Waals surface area contributed by atoms with Crippen LogP contribution in [0.4, 0.5) is 0 Å². The average molecular weight is 249 g/mol. The van der Waals surface area contributed by atoms with E-state index in [-0.39, 0.29) is 0 Å². The topological polar surface area (TPSA) is 29.0 Å². The molecule has 0 N–H and O–H groups in total. The zero-order valence-corrected chi connectivity index (χ0v) is 12.7. The van der Waals surface area contributed by atoms with Crippen molar-refractivity contribution in [3.63, 3.8) is 0 Å². The number of hydrogen-bond donors (Lipinski definition) is 0. The molecular formula is C15H27N3. The number of rotatable bonds is 2. The number of likely N-dealkylation sites (N-methyl/N-ethyl adjacent to an activating group) is 1.